The molecule has 0 aliphatic heterocycles. The molecule has 114 valence electrons. The molecule has 0 aliphatic rings. The molecule has 0 saturated heterocycles. The molecule has 0 aliphatic carbocycles. The third kappa shape index (κ3) is 4.23. The maximum atomic E-state index is 11.9. The van der Waals surface area contributed by atoms with Crippen LogP contribution in [0.3, 0.4) is 0 Å². The van der Waals surface area contributed by atoms with Crippen LogP contribution in [0.2, 0.25) is 0 Å². The third-order valence-corrected chi connectivity index (χ3v) is 3.67. The van der Waals surface area contributed by atoms with Crippen molar-refractivity contribution in [2.75, 3.05) is 31.5 Å². The van der Waals surface area contributed by atoms with E-state index in [9.17, 15) is 4.79 Å². The lowest BCUT2D eigenvalue weighted by atomic mass is 10.2. The summed E-state index contributed by atoms with van der Waals surface area (Å²) in [5.74, 6) is 0. The van der Waals surface area contributed by atoms with Crippen LogP contribution in [0.25, 0.3) is 10.9 Å². The quantitative estimate of drug-likeness (QED) is 0.686. The van der Waals surface area contributed by atoms with E-state index in [2.05, 4.69) is 34.4 Å². The number of aromatic amines is 1. The highest BCUT2D eigenvalue weighted by Crippen LogP contribution is 2.22. The molecule has 3 N–H and O–H groups in total. The highest BCUT2D eigenvalue weighted by Gasteiger charge is 2.06. The Hall–Kier alpha value is -2.01. The van der Waals surface area contributed by atoms with Crippen LogP contribution < -0.4 is 10.6 Å². The molecule has 2 aromatic rings. The van der Waals surface area contributed by atoms with Gasteiger partial charge in [-0.05, 0) is 32.1 Å². The van der Waals surface area contributed by atoms with Gasteiger partial charge in [0.25, 0.3) is 0 Å². The molecule has 0 saturated carbocycles. The van der Waals surface area contributed by atoms with Gasteiger partial charge in [-0.2, -0.15) is 0 Å². The number of amides is 2. The van der Waals surface area contributed by atoms with E-state index in [0.717, 1.165) is 42.6 Å². The molecule has 0 radical (unpaired) electrons. The van der Waals surface area contributed by atoms with E-state index in [1.807, 2.05) is 30.5 Å². The van der Waals surface area contributed by atoms with Gasteiger partial charge >= 0.3 is 6.03 Å². The molecule has 0 fully saturated rings. The first kappa shape index (κ1) is 15.4. The molecule has 2 rings (SSSR count). The fourth-order valence-corrected chi connectivity index (χ4v) is 2.39. The number of hydrogen-bond donors (Lipinski definition) is 3. The zero-order valence-corrected chi connectivity index (χ0v) is 12.8. The summed E-state index contributed by atoms with van der Waals surface area (Å²) < 4.78 is 0. The van der Waals surface area contributed by atoms with Gasteiger partial charge in [0, 0.05) is 23.6 Å². The number of carbonyl (C=O) groups is 1. The van der Waals surface area contributed by atoms with Crippen LogP contribution in [-0.2, 0) is 0 Å². The zero-order valence-electron chi connectivity index (χ0n) is 12.8. The van der Waals surface area contributed by atoms with Crippen molar-refractivity contribution in [1.82, 2.24) is 15.2 Å². The van der Waals surface area contributed by atoms with Gasteiger partial charge < -0.3 is 20.5 Å². The molecule has 0 unspecified atom stereocenters. The van der Waals surface area contributed by atoms with E-state index in [1.165, 1.54) is 0 Å². The first-order valence-corrected chi connectivity index (χ1v) is 7.58. The molecule has 5 heteroatoms. The number of para-hydroxylation sites is 1. The standard InChI is InChI=1S/C16H24N4O/c1-3-20(4-2)11-7-10-17-16(21)19-15-12-18-14-9-6-5-8-13(14)15/h5-6,8-9,12,18H,3-4,7,10-11H2,1-2H3,(H2,17,19,21). The van der Waals surface area contributed by atoms with Crippen LogP contribution in [0.15, 0.2) is 30.5 Å². The van der Waals surface area contributed by atoms with Gasteiger partial charge in [-0.15, -0.1) is 0 Å². The van der Waals surface area contributed by atoms with Gasteiger partial charge in [0.2, 0.25) is 0 Å². The Kier molecular flexibility index (Phi) is 5.63. The number of carbonyl (C=O) groups excluding carboxylic acids is 1. The van der Waals surface area contributed by atoms with Gasteiger partial charge in [-0.3, -0.25) is 0 Å². The van der Waals surface area contributed by atoms with Gasteiger partial charge in [-0.1, -0.05) is 32.0 Å². The minimum Gasteiger partial charge on any atom is -0.359 e. The average molecular weight is 288 g/mol. The lowest BCUT2D eigenvalue weighted by molar-refractivity contribution is 0.250. The molecule has 1 aromatic carbocycles. The molecule has 1 heterocycles. The predicted molar refractivity (Wildman–Crippen MR) is 87.7 cm³/mol. The number of nitrogens with zero attached hydrogens (tertiary/aromatic N) is 1. The van der Waals surface area contributed by atoms with Crippen molar-refractivity contribution in [2.45, 2.75) is 20.3 Å². The third-order valence-electron chi connectivity index (χ3n) is 3.67. The molecule has 2 amide bonds. The largest absolute Gasteiger partial charge is 0.359 e. The number of H-pyrrole nitrogens is 1. The average Bonchev–Trinajstić information content (AvgIpc) is 2.91. The minimum absolute atomic E-state index is 0.153. The molecule has 0 spiro atoms. The maximum absolute atomic E-state index is 11.9. The Balaban J connectivity index is 1.77. The monoisotopic (exact) mass is 288 g/mol. The maximum Gasteiger partial charge on any atom is 0.319 e. The smallest absolute Gasteiger partial charge is 0.319 e. The van der Waals surface area contributed by atoms with Crippen LogP contribution in [0.4, 0.5) is 10.5 Å². The number of aromatic nitrogens is 1. The number of benzene rings is 1. The van der Waals surface area contributed by atoms with Crippen molar-refractivity contribution in [3.05, 3.63) is 30.5 Å². The number of urea groups is 1. The second kappa shape index (κ2) is 7.69. The summed E-state index contributed by atoms with van der Waals surface area (Å²) >= 11 is 0. The number of rotatable bonds is 7. The lowest BCUT2D eigenvalue weighted by Crippen LogP contribution is -2.32. The van der Waals surface area contributed by atoms with Crippen LogP contribution >= 0.6 is 0 Å². The van der Waals surface area contributed by atoms with Gasteiger partial charge in [-0.25, -0.2) is 4.79 Å². The van der Waals surface area contributed by atoms with Crippen LogP contribution in [-0.4, -0.2) is 42.1 Å². The van der Waals surface area contributed by atoms with Crippen molar-refractivity contribution in [2.24, 2.45) is 0 Å². The van der Waals surface area contributed by atoms with Crippen molar-refractivity contribution in [3.63, 3.8) is 0 Å². The van der Waals surface area contributed by atoms with E-state index < -0.39 is 0 Å². The predicted octanol–water partition coefficient (Wildman–Crippen LogP) is 3.02. The number of hydrogen-bond acceptors (Lipinski definition) is 2. The minimum atomic E-state index is -0.153. The Labute approximate surface area is 125 Å². The SMILES string of the molecule is CCN(CC)CCCNC(=O)Nc1c[nH]c2ccccc12. The molecule has 1 aromatic heterocycles. The van der Waals surface area contributed by atoms with Crippen molar-refractivity contribution >= 4 is 22.6 Å². The Bertz CT molecular complexity index is 574. The molecule has 0 bridgehead atoms. The summed E-state index contributed by atoms with van der Waals surface area (Å²) in [7, 11) is 0. The van der Waals surface area contributed by atoms with E-state index in [4.69, 9.17) is 0 Å². The second-order valence-electron chi connectivity index (χ2n) is 5.01. The second-order valence-corrected chi connectivity index (χ2v) is 5.01. The fraction of sp³-hybridized carbons (Fsp3) is 0.438. The summed E-state index contributed by atoms with van der Waals surface area (Å²) in [6, 6.07) is 7.75. The van der Waals surface area contributed by atoms with Crippen molar-refractivity contribution in [3.8, 4) is 0 Å². The first-order valence-electron chi connectivity index (χ1n) is 7.58. The number of nitrogens with one attached hydrogen (secondary N) is 3. The summed E-state index contributed by atoms with van der Waals surface area (Å²) in [5.41, 5.74) is 1.83. The van der Waals surface area contributed by atoms with Crippen LogP contribution in [0, 0.1) is 0 Å². The lowest BCUT2D eigenvalue weighted by Gasteiger charge is -2.17. The highest BCUT2D eigenvalue weighted by molar-refractivity contribution is 6.00. The van der Waals surface area contributed by atoms with Crippen molar-refractivity contribution in [1.29, 1.82) is 0 Å². The normalized spacial score (nSPS) is 11.0. The molecule has 0 atom stereocenters. The van der Waals surface area contributed by atoms with Gasteiger partial charge in [0.15, 0.2) is 0 Å². The van der Waals surface area contributed by atoms with E-state index in [1.54, 1.807) is 0 Å². The molecular weight excluding hydrogens is 264 g/mol. The van der Waals surface area contributed by atoms with Gasteiger partial charge in [0.1, 0.15) is 0 Å². The molecular formula is C16H24N4O. The first-order chi connectivity index (χ1) is 10.2. The number of anilines is 1. The topological polar surface area (TPSA) is 60.2 Å². The van der Waals surface area contributed by atoms with Crippen LogP contribution in [0.5, 0.6) is 0 Å². The molecule has 5 nitrogen and oxygen atoms in total. The zero-order chi connectivity index (χ0) is 15.1. The summed E-state index contributed by atoms with van der Waals surface area (Å²) in [4.78, 5) is 17.4. The number of fused-ring (bicyclic) bond motifs is 1. The van der Waals surface area contributed by atoms with E-state index >= 15 is 0 Å². The van der Waals surface area contributed by atoms with Crippen LogP contribution in [0.1, 0.15) is 20.3 Å². The Morgan fingerprint density at radius 3 is 2.76 bits per heavy atom. The van der Waals surface area contributed by atoms with Crippen molar-refractivity contribution < 1.29 is 4.79 Å². The van der Waals surface area contributed by atoms with E-state index in [0.29, 0.717) is 6.54 Å². The van der Waals surface area contributed by atoms with E-state index in [-0.39, 0.29) is 6.03 Å². The Morgan fingerprint density at radius 2 is 2.00 bits per heavy atom. The molecule has 21 heavy (non-hydrogen) atoms. The van der Waals surface area contributed by atoms with Gasteiger partial charge in [0.05, 0.1) is 5.69 Å². The fourth-order valence-electron chi connectivity index (χ4n) is 2.39. The summed E-state index contributed by atoms with van der Waals surface area (Å²) in [6.45, 7) is 8.11. The summed E-state index contributed by atoms with van der Waals surface area (Å²) in [6.07, 6.45) is 2.78. The summed E-state index contributed by atoms with van der Waals surface area (Å²) in [5, 5.41) is 6.81. The highest BCUT2D eigenvalue weighted by atomic mass is 16.2. The Morgan fingerprint density at radius 1 is 1.24 bits per heavy atom.